The molecule has 1 heterocycles. The molecule has 90 valence electrons. The average molecular weight is 227 g/mol. The first-order valence-electron chi connectivity index (χ1n) is 7.17. The molecule has 4 atom stereocenters. The monoisotopic (exact) mass is 227 g/mol. The molecule has 1 aromatic rings. The van der Waals surface area contributed by atoms with E-state index in [2.05, 4.69) is 36.9 Å². The third-order valence-electron chi connectivity index (χ3n) is 5.52. The molecule has 2 unspecified atom stereocenters. The summed E-state index contributed by atoms with van der Waals surface area (Å²) in [4.78, 5) is 2.71. The Morgan fingerprint density at radius 1 is 1.24 bits per heavy atom. The molecular weight excluding hydrogens is 206 g/mol. The summed E-state index contributed by atoms with van der Waals surface area (Å²) in [5.74, 6) is 2.84. The Morgan fingerprint density at radius 3 is 2.88 bits per heavy atom. The molecule has 4 rings (SSSR count). The lowest BCUT2D eigenvalue weighted by atomic mass is 9.81. The molecule has 1 aromatic carbocycles. The summed E-state index contributed by atoms with van der Waals surface area (Å²) in [5, 5.41) is 0. The van der Waals surface area contributed by atoms with E-state index in [1.54, 1.807) is 11.3 Å². The fourth-order valence-corrected chi connectivity index (χ4v) is 5.01. The summed E-state index contributed by atoms with van der Waals surface area (Å²) in [5.41, 5.74) is 4.78. The van der Waals surface area contributed by atoms with Gasteiger partial charge >= 0.3 is 0 Å². The summed E-state index contributed by atoms with van der Waals surface area (Å²) >= 11 is 0. The van der Waals surface area contributed by atoms with Gasteiger partial charge in [0.1, 0.15) is 0 Å². The molecule has 2 saturated carbocycles. The minimum absolute atomic E-state index is 0.842. The molecule has 0 saturated heterocycles. The molecule has 2 aliphatic carbocycles. The van der Waals surface area contributed by atoms with Crippen molar-refractivity contribution in [3.8, 4) is 0 Å². The van der Waals surface area contributed by atoms with Crippen molar-refractivity contribution in [2.45, 2.75) is 45.1 Å². The summed E-state index contributed by atoms with van der Waals surface area (Å²) in [6.07, 6.45) is 4.46. The smallest absolute Gasteiger partial charge is 0.0407 e. The van der Waals surface area contributed by atoms with Gasteiger partial charge in [0.2, 0.25) is 0 Å². The lowest BCUT2D eigenvalue weighted by Gasteiger charge is -2.32. The van der Waals surface area contributed by atoms with Gasteiger partial charge in [-0.25, -0.2) is 0 Å². The number of hydrogen-bond acceptors (Lipinski definition) is 1. The van der Waals surface area contributed by atoms with Crippen LogP contribution in [-0.2, 0) is 0 Å². The minimum atomic E-state index is 0.842. The van der Waals surface area contributed by atoms with E-state index in [9.17, 15) is 0 Å². The molecule has 17 heavy (non-hydrogen) atoms. The molecule has 0 aromatic heterocycles. The molecule has 2 fully saturated rings. The number of hydrogen-bond donors (Lipinski definition) is 0. The summed E-state index contributed by atoms with van der Waals surface area (Å²) in [6, 6.07) is 7.74. The topological polar surface area (TPSA) is 3.24 Å². The Balaban J connectivity index is 1.90. The van der Waals surface area contributed by atoms with E-state index in [-0.39, 0.29) is 0 Å². The Bertz CT molecular complexity index is 465. The zero-order valence-corrected chi connectivity index (χ0v) is 10.8. The van der Waals surface area contributed by atoms with Crippen molar-refractivity contribution in [1.29, 1.82) is 0 Å². The third-order valence-corrected chi connectivity index (χ3v) is 5.52. The van der Waals surface area contributed by atoms with Gasteiger partial charge in [0.25, 0.3) is 0 Å². The van der Waals surface area contributed by atoms with E-state index in [1.165, 1.54) is 31.4 Å². The number of anilines is 1. The predicted molar refractivity (Wildman–Crippen MR) is 71.6 cm³/mol. The summed E-state index contributed by atoms with van der Waals surface area (Å²) in [7, 11) is 0. The van der Waals surface area contributed by atoms with Gasteiger partial charge in [0.15, 0.2) is 0 Å². The van der Waals surface area contributed by atoms with Gasteiger partial charge in [0, 0.05) is 24.2 Å². The first kappa shape index (κ1) is 9.99. The van der Waals surface area contributed by atoms with E-state index in [4.69, 9.17) is 0 Å². The second-order valence-corrected chi connectivity index (χ2v) is 6.14. The normalized spacial score (nSPS) is 37.4. The fraction of sp³-hybridized carbons (Fsp3) is 0.625. The molecular formula is C16H21N. The Labute approximate surface area is 104 Å². The van der Waals surface area contributed by atoms with Gasteiger partial charge in [-0.15, -0.1) is 0 Å². The van der Waals surface area contributed by atoms with Crippen molar-refractivity contribution in [2.75, 3.05) is 11.4 Å². The molecule has 0 amide bonds. The van der Waals surface area contributed by atoms with Crippen molar-refractivity contribution in [1.82, 2.24) is 0 Å². The number of likely N-dealkylation sites (N-methyl/N-ethyl adjacent to an activating group) is 1. The molecule has 1 aliphatic heterocycles. The Kier molecular flexibility index (Phi) is 1.93. The van der Waals surface area contributed by atoms with Crippen molar-refractivity contribution in [3.05, 3.63) is 29.3 Å². The average Bonchev–Trinajstić information content (AvgIpc) is 2.98. The van der Waals surface area contributed by atoms with Crippen molar-refractivity contribution in [3.63, 3.8) is 0 Å². The largest absolute Gasteiger partial charge is 0.368 e. The van der Waals surface area contributed by atoms with Crippen LogP contribution in [0, 0.1) is 18.8 Å². The number of rotatable bonds is 1. The Hall–Kier alpha value is -0.980. The van der Waals surface area contributed by atoms with Crippen LogP contribution in [0.2, 0.25) is 0 Å². The summed E-state index contributed by atoms with van der Waals surface area (Å²) in [6.45, 7) is 5.81. The van der Waals surface area contributed by atoms with E-state index < -0.39 is 0 Å². The van der Waals surface area contributed by atoms with E-state index in [0.29, 0.717) is 0 Å². The van der Waals surface area contributed by atoms with Crippen molar-refractivity contribution >= 4 is 5.69 Å². The lowest BCUT2D eigenvalue weighted by molar-refractivity contribution is 0.369. The highest BCUT2D eigenvalue weighted by Crippen LogP contribution is 2.61. The highest BCUT2D eigenvalue weighted by molar-refractivity contribution is 5.65. The van der Waals surface area contributed by atoms with Crippen LogP contribution in [0.5, 0.6) is 0 Å². The number of aryl methyl sites for hydroxylation is 1. The third kappa shape index (κ3) is 1.10. The standard InChI is InChI=1S/C16H21N/c1-3-17-13-6-4-5-10(2)14(13)15-11-7-8-12(9-11)16(15)17/h4-6,11-12,15-16H,3,7-9H2,1-2H3/t11?,12?,15-,16-/m1/s1. The minimum Gasteiger partial charge on any atom is -0.368 e. The van der Waals surface area contributed by atoms with Gasteiger partial charge in [-0.05, 0) is 62.1 Å². The zero-order chi connectivity index (χ0) is 11.6. The van der Waals surface area contributed by atoms with Crippen LogP contribution in [0.1, 0.15) is 43.2 Å². The molecule has 0 spiro atoms. The van der Waals surface area contributed by atoms with Gasteiger partial charge in [-0.3, -0.25) is 0 Å². The van der Waals surface area contributed by atoms with Crippen LogP contribution < -0.4 is 4.90 Å². The van der Waals surface area contributed by atoms with Crippen LogP contribution in [0.3, 0.4) is 0 Å². The van der Waals surface area contributed by atoms with Crippen LogP contribution in [0.15, 0.2) is 18.2 Å². The van der Waals surface area contributed by atoms with E-state index in [1.807, 2.05) is 0 Å². The number of nitrogens with zero attached hydrogens (tertiary/aromatic N) is 1. The molecule has 2 bridgehead atoms. The molecule has 3 aliphatic rings. The summed E-state index contributed by atoms with van der Waals surface area (Å²) < 4.78 is 0. The fourth-order valence-electron chi connectivity index (χ4n) is 5.01. The highest BCUT2D eigenvalue weighted by Gasteiger charge is 2.54. The maximum Gasteiger partial charge on any atom is 0.0407 e. The number of fused-ring (bicyclic) bond motifs is 7. The Morgan fingerprint density at radius 2 is 2.06 bits per heavy atom. The molecule has 0 radical (unpaired) electrons. The van der Waals surface area contributed by atoms with Crippen LogP contribution in [-0.4, -0.2) is 12.6 Å². The zero-order valence-electron chi connectivity index (χ0n) is 10.8. The first-order valence-corrected chi connectivity index (χ1v) is 7.17. The van der Waals surface area contributed by atoms with Crippen molar-refractivity contribution in [2.24, 2.45) is 11.8 Å². The molecule has 1 heteroatoms. The van der Waals surface area contributed by atoms with E-state index >= 15 is 0 Å². The van der Waals surface area contributed by atoms with Gasteiger partial charge < -0.3 is 4.90 Å². The quantitative estimate of drug-likeness (QED) is 0.707. The highest BCUT2D eigenvalue weighted by atomic mass is 15.2. The predicted octanol–water partition coefficient (Wildman–Crippen LogP) is 3.72. The van der Waals surface area contributed by atoms with Crippen LogP contribution in [0.4, 0.5) is 5.69 Å². The van der Waals surface area contributed by atoms with E-state index in [0.717, 1.165) is 23.8 Å². The second-order valence-electron chi connectivity index (χ2n) is 6.14. The maximum atomic E-state index is 2.71. The maximum absolute atomic E-state index is 2.71. The van der Waals surface area contributed by atoms with Crippen LogP contribution >= 0.6 is 0 Å². The van der Waals surface area contributed by atoms with Gasteiger partial charge in [0.05, 0.1) is 0 Å². The second kappa shape index (κ2) is 3.28. The van der Waals surface area contributed by atoms with Gasteiger partial charge in [-0.2, -0.15) is 0 Å². The van der Waals surface area contributed by atoms with Crippen molar-refractivity contribution < 1.29 is 0 Å². The van der Waals surface area contributed by atoms with Gasteiger partial charge in [-0.1, -0.05) is 12.1 Å². The first-order chi connectivity index (χ1) is 8.31. The lowest BCUT2D eigenvalue weighted by Crippen LogP contribution is -2.38. The van der Waals surface area contributed by atoms with Crippen LogP contribution in [0.25, 0.3) is 0 Å². The SMILES string of the molecule is CCN1c2cccc(C)c2[C@H]2C3CCC(C3)[C@H]21. The molecule has 0 N–H and O–H groups in total. The molecule has 1 nitrogen and oxygen atoms in total. The number of benzene rings is 1.